The summed E-state index contributed by atoms with van der Waals surface area (Å²) in [5.41, 5.74) is 0. The highest BCUT2D eigenvalue weighted by Crippen LogP contribution is 2.35. The maximum atomic E-state index is 10.4. The summed E-state index contributed by atoms with van der Waals surface area (Å²) in [6, 6.07) is 1.24. The number of hydrogen-bond acceptors (Lipinski definition) is 3. The van der Waals surface area contributed by atoms with Crippen LogP contribution >= 0.6 is 0 Å². The summed E-state index contributed by atoms with van der Waals surface area (Å²) < 4.78 is 5.69. The molecule has 0 bridgehead atoms. The molecule has 3 aliphatic rings. The Labute approximate surface area is 117 Å². The largest absolute Gasteiger partial charge is 0.393 e. The Morgan fingerprint density at radius 3 is 2.53 bits per heavy atom. The van der Waals surface area contributed by atoms with Gasteiger partial charge in [0.15, 0.2) is 0 Å². The van der Waals surface area contributed by atoms with Crippen molar-refractivity contribution in [2.75, 3.05) is 19.8 Å². The number of rotatable bonds is 2. The van der Waals surface area contributed by atoms with Gasteiger partial charge in [0.2, 0.25) is 0 Å². The summed E-state index contributed by atoms with van der Waals surface area (Å²) in [6.07, 6.45) is 11.2. The highest BCUT2D eigenvalue weighted by molar-refractivity contribution is 4.92. The van der Waals surface area contributed by atoms with E-state index in [1.54, 1.807) is 0 Å². The standard InChI is InChI=1S/C16H29NO2/c18-16-9-2-1-7-14(16)15-8-3-4-10-17(15)13-6-5-11-19-12-13/h13-16,18H,1-12H2. The van der Waals surface area contributed by atoms with Gasteiger partial charge in [0.05, 0.1) is 12.7 Å². The summed E-state index contributed by atoms with van der Waals surface area (Å²) in [7, 11) is 0. The predicted molar refractivity (Wildman–Crippen MR) is 76.2 cm³/mol. The number of nitrogens with zero attached hydrogens (tertiary/aromatic N) is 1. The summed E-state index contributed by atoms with van der Waals surface area (Å²) >= 11 is 0. The van der Waals surface area contributed by atoms with Gasteiger partial charge >= 0.3 is 0 Å². The predicted octanol–water partition coefficient (Wildman–Crippen LogP) is 2.57. The summed E-state index contributed by atoms with van der Waals surface area (Å²) in [5, 5.41) is 10.4. The topological polar surface area (TPSA) is 32.7 Å². The molecule has 3 rings (SSSR count). The smallest absolute Gasteiger partial charge is 0.0621 e. The van der Waals surface area contributed by atoms with Crippen molar-refractivity contribution >= 4 is 0 Å². The fourth-order valence-corrected chi connectivity index (χ4v) is 4.47. The molecule has 4 unspecified atom stereocenters. The van der Waals surface area contributed by atoms with Crippen molar-refractivity contribution in [2.45, 2.75) is 76.0 Å². The number of piperidine rings is 1. The normalized spacial score (nSPS) is 42.2. The lowest BCUT2D eigenvalue weighted by molar-refractivity contribution is -0.0562. The Hall–Kier alpha value is -0.120. The molecule has 0 spiro atoms. The number of ether oxygens (including phenoxy) is 1. The van der Waals surface area contributed by atoms with Crippen LogP contribution in [-0.4, -0.2) is 48.0 Å². The van der Waals surface area contributed by atoms with E-state index in [2.05, 4.69) is 4.90 Å². The summed E-state index contributed by atoms with van der Waals surface area (Å²) in [5.74, 6) is 0.524. The van der Waals surface area contributed by atoms with Gasteiger partial charge in [-0.1, -0.05) is 19.3 Å². The van der Waals surface area contributed by atoms with Crippen LogP contribution in [0.3, 0.4) is 0 Å². The second kappa shape index (κ2) is 6.55. The summed E-state index contributed by atoms with van der Waals surface area (Å²) in [6.45, 7) is 3.09. The average molecular weight is 267 g/mol. The molecule has 2 saturated heterocycles. The SMILES string of the molecule is OC1CCCCC1C1CCCCN1C1CCCOC1. The number of aliphatic hydroxyl groups is 1. The molecule has 1 aliphatic carbocycles. The minimum absolute atomic E-state index is 0.0520. The maximum Gasteiger partial charge on any atom is 0.0621 e. The van der Waals surface area contributed by atoms with Gasteiger partial charge in [0, 0.05) is 24.6 Å². The maximum absolute atomic E-state index is 10.4. The molecule has 3 nitrogen and oxygen atoms in total. The first-order valence-electron chi connectivity index (χ1n) is 8.38. The number of likely N-dealkylation sites (tertiary alicyclic amines) is 1. The molecular weight excluding hydrogens is 238 g/mol. The Bertz CT molecular complexity index is 278. The van der Waals surface area contributed by atoms with Crippen LogP contribution in [0.5, 0.6) is 0 Å². The van der Waals surface area contributed by atoms with E-state index in [4.69, 9.17) is 4.74 Å². The van der Waals surface area contributed by atoms with Crippen molar-refractivity contribution in [2.24, 2.45) is 5.92 Å². The third-order valence-electron chi connectivity index (χ3n) is 5.47. The van der Waals surface area contributed by atoms with Crippen LogP contribution in [0.4, 0.5) is 0 Å². The molecule has 2 heterocycles. The van der Waals surface area contributed by atoms with Gasteiger partial charge in [-0.3, -0.25) is 4.90 Å². The molecule has 2 aliphatic heterocycles. The molecule has 0 aromatic rings. The molecule has 1 saturated carbocycles. The van der Waals surface area contributed by atoms with Crippen LogP contribution in [0.15, 0.2) is 0 Å². The molecule has 1 N–H and O–H groups in total. The quantitative estimate of drug-likeness (QED) is 0.834. The lowest BCUT2D eigenvalue weighted by Gasteiger charge is -2.47. The van der Waals surface area contributed by atoms with Gasteiger partial charge < -0.3 is 9.84 Å². The van der Waals surface area contributed by atoms with Crippen molar-refractivity contribution in [1.82, 2.24) is 4.90 Å². The molecule has 4 atom stereocenters. The van der Waals surface area contributed by atoms with Crippen LogP contribution in [0.1, 0.15) is 57.8 Å². The van der Waals surface area contributed by atoms with Crippen molar-refractivity contribution in [3.8, 4) is 0 Å². The van der Waals surface area contributed by atoms with Crippen LogP contribution in [0.25, 0.3) is 0 Å². The van der Waals surface area contributed by atoms with Crippen LogP contribution in [-0.2, 0) is 4.74 Å². The first kappa shape index (κ1) is 13.8. The van der Waals surface area contributed by atoms with E-state index in [0.717, 1.165) is 19.6 Å². The minimum Gasteiger partial charge on any atom is -0.393 e. The van der Waals surface area contributed by atoms with E-state index in [9.17, 15) is 5.11 Å². The van der Waals surface area contributed by atoms with Crippen molar-refractivity contribution in [1.29, 1.82) is 0 Å². The van der Waals surface area contributed by atoms with E-state index >= 15 is 0 Å². The second-order valence-corrected chi connectivity index (χ2v) is 6.69. The Balaban J connectivity index is 1.68. The van der Waals surface area contributed by atoms with E-state index < -0.39 is 0 Å². The Morgan fingerprint density at radius 1 is 0.895 bits per heavy atom. The highest BCUT2D eigenvalue weighted by Gasteiger charge is 2.38. The minimum atomic E-state index is -0.0520. The average Bonchev–Trinajstić information content (AvgIpc) is 2.49. The fraction of sp³-hybridized carbons (Fsp3) is 1.00. The van der Waals surface area contributed by atoms with E-state index in [1.807, 2.05) is 0 Å². The monoisotopic (exact) mass is 267 g/mol. The Morgan fingerprint density at radius 2 is 1.74 bits per heavy atom. The van der Waals surface area contributed by atoms with Gasteiger partial charge in [-0.25, -0.2) is 0 Å². The highest BCUT2D eigenvalue weighted by atomic mass is 16.5. The molecule has 0 amide bonds. The van der Waals surface area contributed by atoms with E-state index in [0.29, 0.717) is 18.0 Å². The van der Waals surface area contributed by atoms with Gasteiger partial charge in [-0.15, -0.1) is 0 Å². The zero-order chi connectivity index (χ0) is 13.1. The first-order valence-corrected chi connectivity index (χ1v) is 8.38. The van der Waals surface area contributed by atoms with E-state index in [1.165, 1.54) is 57.9 Å². The van der Waals surface area contributed by atoms with Crippen LogP contribution in [0, 0.1) is 5.92 Å². The lowest BCUT2D eigenvalue weighted by Crippen LogP contribution is -2.54. The van der Waals surface area contributed by atoms with Gasteiger partial charge in [-0.05, 0) is 45.1 Å². The van der Waals surface area contributed by atoms with Crippen molar-refractivity contribution in [3.63, 3.8) is 0 Å². The van der Waals surface area contributed by atoms with Crippen molar-refractivity contribution in [3.05, 3.63) is 0 Å². The third-order valence-corrected chi connectivity index (χ3v) is 5.47. The number of aliphatic hydroxyl groups excluding tert-OH is 1. The third kappa shape index (κ3) is 3.14. The molecule has 0 radical (unpaired) electrons. The fourth-order valence-electron chi connectivity index (χ4n) is 4.47. The van der Waals surface area contributed by atoms with Gasteiger partial charge in [0.1, 0.15) is 0 Å². The number of hydrogen-bond donors (Lipinski definition) is 1. The molecule has 110 valence electrons. The van der Waals surface area contributed by atoms with Crippen LogP contribution < -0.4 is 0 Å². The summed E-state index contributed by atoms with van der Waals surface area (Å²) in [4.78, 5) is 2.71. The molecule has 0 aromatic heterocycles. The second-order valence-electron chi connectivity index (χ2n) is 6.69. The lowest BCUT2D eigenvalue weighted by atomic mass is 9.77. The zero-order valence-corrected chi connectivity index (χ0v) is 12.1. The molecule has 3 heteroatoms. The molecular formula is C16H29NO2. The van der Waals surface area contributed by atoms with Gasteiger partial charge in [-0.2, -0.15) is 0 Å². The zero-order valence-electron chi connectivity index (χ0n) is 12.1. The molecule has 3 fully saturated rings. The molecule has 0 aromatic carbocycles. The van der Waals surface area contributed by atoms with Gasteiger partial charge in [0.25, 0.3) is 0 Å². The van der Waals surface area contributed by atoms with E-state index in [-0.39, 0.29) is 6.10 Å². The van der Waals surface area contributed by atoms with Crippen molar-refractivity contribution < 1.29 is 9.84 Å². The first-order chi connectivity index (χ1) is 9.36. The Kier molecular flexibility index (Phi) is 4.78. The van der Waals surface area contributed by atoms with Crippen LogP contribution in [0.2, 0.25) is 0 Å². The molecule has 19 heavy (non-hydrogen) atoms.